The van der Waals surface area contributed by atoms with Gasteiger partial charge in [0, 0.05) is 22.9 Å². The van der Waals surface area contributed by atoms with Gasteiger partial charge in [0.2, 0.25) is 5.91 Å². The van der Waals surface area contributed by atoms with Crippen molar-refractivity contribution in [3.8, 4) is 11.1 Å². The minimum Gasteiger partial charge on any atom is -0.399 e. The van der Waals surface area contributed by atoms with Crippen LogP contribution in [0.2, 0.25) is 0 Å². The molecule has 0 radical (unpaired) electrons. The van der Waals surface area contributed by atoms with Crippen LogP contribution < -0.4 is 11.1 Å². The molecule has 0 aliphatic carbocycles. The number of amides is 1. The van der Waals surface area contributed by atoms with Crippen molar-refractivity contribution in [3.63, 3.8) is 0 Å². The minimum absolute atomic E-state index is 0.0311. The van der Waals surface area contributed by atoms with Crippen LogP contribution in [0.15, 0.2) is 30.3 Å². The Morgan fingerprint density at radius 2 is 1.65 bits per heavy atom. The summed E-state index contributed by atoms with van der Waals surface area (Å²) in [5, 5.41) is 2.76. The van der Waals surface area contributed by atoms with Crippen LogP contribution in [0.5, 0.6) is 0 Å². The van der Waals surface area contributed by atoms with Crippen LogP contribution in [-0.2, 0) is 4.79 Å². The molecule has 0 heterocycles. The maximum Gasteiger partial charge on any atom is 0.230 e. The molecular formula is C21H25FN2O2. The van der Waals surface area contributed by atoms with Gasteiger partial charge >= 0.3 is 0 Å². The van der Waals surface area contributed by atoms with E-state index in [1.807, 2.05) is 20.8 Å². The van der Waals surface area contributed by atoms with E-state index in [-0.39, 0.29) is 17.7 Å². The van der Waals surface area contributed by atoms with Crippen LogP contribution in [0.3, 0.4) is 0 Å². The molecule has 1 atom stereocenters. The van der Waals surface area contributed by atoms with Gasteiger partial charge in [0.15, 0.2) is 5.78 Å². The zero-order chi connectivity index (χ0) is 19.6. The second kappa shape index (κ2) is 7.68. The van der Waals surface area contributed by atoms with Crippen molar-refractivity contribution in [2.75, 3.05) is 5.73 Å². The van der Waals surface area contributed by atoms with Gasteiger partial charge in [-0.2, -0.15) is 0 Å². The Morgan fingerprint density at radius 1 is 1.00 bits per heavy atom. The number of aryl methyl sites for hydroxylation is 2. The number of nitrogens with one attached hydrogen (secondary N) is 1. The lowest BCUT2D eigenvalue weighted by Gasteiger charge is -2.17. The number of ketones is 1. The Labute approximate surface area is 153 Å². The van der Waals surface area contributed by atoms with Gasteiger partial charge in [-0.05, 0) is 75.6 Å². The van der Waals surface area contributed by atoms with Crippen molar-refractivity contribution in [2.45, 2.75) is 40.7 Å². The molecule has 5 heteroatoms. The van der Waals surface area contributed by atoms with E-state index in [0.29, 0.717) is 27.9 Å². The number of carbonyl (C=O) groups excluding carboxylic acids is 2. The number of rotatable bonds is 5. The molecule has 2 rings (SSSR count). The summed E-state index contributed by atoms with van der Waals surface area (Å²) in [6.07, 6.45) is 0. The number of benzene rings is 2. The molecule has 0 aliphatic rings. The molecule has 138 valence electrons. The van der Waals surface area contributed by atoms with Crippen LogP contribution in [0.1, 0.15) is 42.3 Å². The highest BCUT2D eigenvalue weighted by Crippen LogP contribution is 2.30. The summed E-state index contributed by atoms with van der Waals surface area (Å²) in [5.74, 6) is -1.73. The van der Waals surface area contributed by atoms with Crippen LogP contribution in [0.25, 0.3) is 11.1 Å². The van der Waals surface area contributed by atoms with Crippen LogP contribution in [-0.4, -0.2) is 17.7 Å². The lowest BCUT2D eigenvalue weighted by Crippen LogP contribution is -2.37. The Kier molecular flexibility index (Phi) is 5.80. The van der Waals surface area contributed by atoms with Crippen LogP contribution in [0, 0.1) is 25.6 Å². The summed E-state index contributed by atoms with van der Waals surface area (Å²) in [6.45, 7) is 8.90. The maximum atomic E-state index is 14.3. The fraction of sp³-hybridized carbons (Fsp3) is 0.333. The lowest BCUT2D eigenvalue weighted by atomic mass is 9.89. The molecular weight excluding hydrogens is 331 g/mol. The van der Waals surface area contributed by atoms with E-state index in [9.17, 15) is 14.0 Å². The molecule has 0 aromatic heterocycles. The Bertz CT molecular complexity index is 859. The highest BCUT2D eigenvalue weighted by Gasteiger charge is 2.25. The molecule has 26 heavy (non-hydrogen) atoms. The average molecular weight is 356 g/mol. The predicted molar refractivity (Wildman–Crippen MR) is 102 cm³/mol. The largest absolute Gasteiger partial charge is 0.399 e. The second-order valence-electron chi connectivity index (χ2n) is 6.97. The van der Waals surface area contributed by atoms with E-state index in [1.165, 1.54) is 6.07 Å². The number of anilines is 1. The normalized spacial score (nSPS) is 12.1. The Hall–Kier alpha value is -2.69. The number of nitrogens with two attached hydrogens (primary N) is 1. The van der Waals surface area contributed by atoms with E-state index in [2.05, 4.69) is 5.32 Å². The van der Waals surface area contributed by atoms with Gasteiger partial charge in [0.1, 0.15) is 5.82 Å². The van der Waals surface area contributed by atoms with Crippen LogP contribution in [0.4, 0.5) is 10.1 Å². The average Bonchev–Trinajstić information content (AvgIpc) is 2.55. The summed E-state index contributed by atoms with van der Waals surface area (Å²) in [6, 6.07) is 8.03. The summed E-state index contributed by atoms with van der Waals surface area (Å²) in [4.78, 5) is 24.9. The maximum absolute atomic E-state index is 14.3. The van der Waals surface area contributed by atoms with E-state index >= 15 is 0 Å². The third-order valence-electron chi connectivity index (χ3n) is 4.34. The van der Waals surface area contributed by atoms with Crippen molar-refractivity contribution in [1.29, 1.82) is 0 Å². The minimum atomic E-state index is -0.783. The molecule has 1 unspecified atom stereocenters. The van der Waals surface area contributed by atoms with E-state index in [1.54, 1.807) is 38.1 Å². The standard InChI is InChI=1S/C21H25FN2O2/c1-11(2)24-21(26)14(5)20(25)18-9-12(3)17(8-13(18)4)16-7-6-15(23)10-19(16)22/h6-11,14H,23H2,1-5H3,(H,24,26). The molecule has 0 fully saturated rings. The molecule has 0 saturated heterocycles. The first-order valence-corrected chi connectivity index (χ1v) is 8.63. The van der Waals surface area contributed by atoms with Crippen molar-refractivity contribution in [3.05, 3.63) is 52.8 Å². The van der Waals surface area contributed by atoms with Crippen molar-refractivity contribution in [2.24, 2.45) is 5.92 Å². The number of hydrogen-bond acceptors (Lipinski definition) is 3. The Morgan fingerprint density at radius 3 is 2.23 bits per heavy atom. The number of nitrogen functional groups attached to an aromatic ring is 1. The van der Waals surface area contributed by atoms with Crippen molar-refractivity contribution in [1.82, 2.24) is 5.32 Å². The first-order chi connectivity index (χ1) is 12.1. The molecule has 0 aliphatic heterocycles. The van der Waals surface area contributed by atoms with Crippen LogP contribution >= 0.6 is 0 Å². The lowest BCUT2D eigenvalue weighted by molar-refractivity contribution is -0.123. The molecule has 1 amide bonds. The highest BCUT2D eigenvalue weighted by molar-refractivity contribution is 6.10. The molecule has 0 spiro atoms. The first kappa shape index (κ1) is 19.6. The highest BCUT2D eigenvalue weighted by atomic mass is 19.1. The van der Waals surface area contributed by atoms with Gasteiger partial charge < -0.3 is 11.1 Å². The van der Waals surface area contributed by atoms with Gasteiger partial charge in [-0.15, -0.1) is 0 Å². The summed E-state index contributed by atoms with van der Waals surface area (Å²) < 4.78 is 14.3. The number of halogens is 1. The van der Waals surface area contributed by atoms with Gasteiger partial charge in [-0.1, -0.05) is 6.07 Å². The van der Waals surface area contributed by atoms with Crippen molar-refractivity contribution < 1.29 is 14.0 Å². The molecule has 0 bridgehead atoms. The van der Waals surface area contributed by atoms with E-state index in [0.717, 1.165) is 5.56 Å². The summed E-state index contributed by atoms with van der Waals surface area (Å²) in [5.41, 5.74) is 9.06. The van der Waals surface area contributed by atoms with Gasteiger partial charge in [-0.3, -0.25) is 9.59 Å². The fourth-order valence-electron chi connectivity index (χ4n) is 2.88. The first-order valence-electron chi connectivity index (χ1n) is 8.63. The molecule has 2 aromatic rings. The van der Waals surface area contributed by atoms with E-state index in [4.69, 9.17) is 5.73 Å². The summed E-state index contributed by atoms with van der Waals surface area (Å²) in [7, 11) is 0. The smallest absolute Gasteiger partial charge is 0.230 e. The van der Waals surface area contributed by atoms with Gasteiger partial charge in [0.25, 0.3) is 0 Å². The Balaban J connectivity index is 2.40. The zero-order valence-corrected chi connectivity index (χ0v) is 15.8. The topological polar surface area (TPSA) is 72.2 Å². The number of carbonyl (C=O) groups is 2. The number of hydrogen-bond donors (Lipinski definition) is 2. The SMILES string of the molecule is Cc1cc(-c2ccc(N)cc2F)c(C)cc1C(=O)C(C)C(=O)NC(C)C. The third kappa shape index (κ3) is 4.10. The van der Waals surface area contributed by atoms with E-state index < -0.39 is 11.7 Å². The molecule has 2 aromatic carbocycles. The second-order valence-corrected chi connectivity index (χ2v) is 6.97. The third-order valence-corrected chi connectivity index (χ3v) is 4.34. The van der Waals surface area contributed by atoms with Gasteiger partial charge in [-0.25, -0.2) is 4.39 Å². The monoisotopic (exact) mass is 356 g/mol. The zero-order valence-electron chi connectivity index (χ0n) is 15.8. The molecule has 3 N–H and O–H groups in total. The van der Waals surface area contributed by atoms with Crippen molar-refractivity contribution >= 4 is 17.4 Å². The summed E-state index contributed by atoms with van der Waals surface area (Å²) >= 11 is 0. The number of Topliss-reactive ketones (excluding diaryl/α,β-unsaturated/α-hetero) is 1. The molecule has 4 nitrogen and oxygen atoms in total. The predicted octanol–water partition coefficient (Wildman–Crippen LogP) is 4.04. The fourth-order valence-corrected chi connectivity index (χ4v) is 2.88. The quantitative estimate of drug-likeness (QED) is 0.482. The van der Waals surface area contributed by atoms with Gasteiger partial charge in [0.05, 0.1) is 5.92 Å². The molecule has 0 saturated carbocycles.